The minimum absolute atomic E-state index is 0.216. The summed E-state index contributed by atoms with van der Waals surface area (Å²) < 4.78 is 37.7. The number of nitrogens with one attached hydrogen (secondary N) is 1. The fraction of sp³-hybridized carbons (Fsp3) is 0.273. The highest BCUT2D eigenvalue weighted by atomic mass is 19.4. The largest absolute Gasteiger partial charge is 0.416 e. The lowest BCUT2D eigenvalue weighted by molar-refractivity contribution is -0.137. The van der Waals surface area contributed by atoms with Crippen LogP contribution in [0.25, 0.3) is 10.8 Å². The van der Waals surface area contributed by atoms with Crippen LogP contribution in [0.2, 0.25) is 0 Å². The van der Waals surface area contributed by atoms with Crippen molar-refractivity contribution in [1.29, 1.82) is 0 Å². The highest BCUT2D eigenvalue weighted by Crippen LogP contribution is 2.29. The molecular weight excluding hydrogens is 335 g/mol. The zero-order chi connectivity index (χ0) is 18.6. The molecule has 0 amide bonds. The maximum absolute atomic E-state index is 12.6. The van der Waals surface area contributed by atoms with Crippen molar-refractivity contribution < 1.29 is 13.2 Å². The number of rotatable bonds is 6. The quantitative estimate of drug-likeness (QED) is 0.522. The lowest BCUT2D eigenvalue weighted by Crippen LogP contribution is -2.20. The molecule has 26 heavy (non-hydrogen) atoms. The Bertz CT molecular complexity index is 848. The first kappa shape index (κ1) is 18.5. The molecule has 0 saturated heterocycles. The van der Waals surface area contributed by atoms with Crippen LogP contribution in [0, 0.1) is 0 Å². The van der Waals surface area contributed by atoms with Crippen LogP contribution in [0.15, 0.2) is 66.7 Å². The average Bonchev–Trinajstić information content (AvgIpc) is 2.64. The van der Waals surface area contributed by atoms with E-state index in [9.17, 15) is 13.2 Å². The van der Waals surface area contributed by atoms with E-state index in [1.807, 2.05) is 12.1 Å². The van der Waals surface area contributed by atoms with E-state index < -0.39 is 11.7 Å². The van der Waals surface area contributed by atoms with Gasteiger partial charge in [0.25, 0.3) is 0 Å². The molecule has 4 heteroatoms. The van der Waals surface area contributed by atoms with Gasteiger partial charge in [0.1, 0.15) is 0 Å². The average molecular weight is 357 g/mol. The van der Waals surface area contributed by atoms with Gasteiger partial charge in [-0.1, -0.05) is 54.6 Å². The molecule has 3 aromatic carbocycles. The van der Waals surface area contributed by atoms with E-state index in [1.165, 1.54) is 16.3 Å². The Kier molecular flexibility index (Phi) is 5.62. The van der Waals surface area contributed by atoms with Gasteiger partial charge in [-0.3, -0.25) is 0 Å². The number of hydrogen-bond donors (Lipinski definition) is 1. The molecule has 0 fully saturated rings. The number of benzene rings is 3. The van der Waals surface area contributed by atoms with Crippen molar-refractivity contribution in [2.75, 3.05) is 6.54 Å². The van der Waals surface area contributed by atoms with E-state index in [0.717, 1.165) is 37.1 Å². The zero-order valence-electron chi connectivity index (χ0n) is 14.7. The van der Waals surface area contributed by atoms with Crippen LogP contribution in [0.4, 0.5) is 13.2 Å². The molecule has 136 valence electrons. The predicted octanol–water partition coefficient (Wildman–Crippen LogP) is 6.14. The topological polar surface area (TPSA) is 12.0 Å². The zero-order valence-corrected chi connectivity index (χ0v) is 14.7. The lowest BCUT2D eigenvalue weighted by atomic mass is 9.99. The molecule has 1 nitrogen and oxygen atoms in total. The Morgan fingerprint density at radius 1 is 0.885 bits per heavy atom. The Labute approximate surface area is 151 Å². The van der Waals surface area contributed by atoms with Crippen LogP contribution < -0.4 is 5.32 Å². The summed E-state index contributed by atoms with van der Waals surface area (Å²) in [4.78, 5) is 0. The molecule has 3 rings (SSSR count). The van der Waals surface area contributed by atoms with Crippen LogP contribution in [0.3, 0.4) is 0 Å². The highest BCUT2D eigenvalue weighted by molar-refractivity contribution is 5.86. The van der Waals surface area contributed by atoms with Gasteiger partial charge in [-0.05, 0) is 60.3 Å². The van der Waals surface area contributed by atoms with Crippen molar-refractivity contribution in [1.82, 2.24) is 5.32 Å². The summed E-state index contributed by atoms with van der Waals surface area (Å²) in [6.07, 6.45) is -2.64. The monoisotopic (exact) mass is 357 g/mol. The minimum Gasteiger partial charge on any atom is -0.310 e. The van der Waals surface area contributed by atoms with Gasteiger partial charge in [-0.15, -0.1) is 0 Å². The maximum atomic E-state index is 12.6. The molecule has 0 aliphatic heterocycles. The second kappa shape index (κ2) is 7.92. The summed E-state index contributed by atoms with van der Waals surface area (Å²) in [6.45, 7) is 2.95. The van der Waals surface area contributed by atoms with Crippen molar-refractivity contribution in [3.63, 3.8) is 0 Å². The first-order valence-corrected chi connectivity index (χ1v) is 8.82. The van der Waals surface area contributed by atoms with Gasteiger partial charge in [-0.2, -0.15) is 13.2 Å². The van der Waals surface area contributed by atoms with E-state index in [0.29, 0.717) is 0 Å². The van der Waals surface area contributed by atoms with E-state index in [4.69, 9.17) is 0 Å². The smallest absolute Gasteiger partial charge is 0.310 e. The molecule has 1 N–H and O–H groups in total. The Morgan fingerprint density at radius 2 is 1.58 bits per heavy atom. The Hall–Kier alpha value is -2.33. The van der Waals surface area contributed by atoms with Crippen LogP contribution in [0.5, 0.6) is 0 Å². The van der Waals surface area contributed by atoms with E-state index >= 15 is 0 Å². The van der Waals surface area contributed by atoms with E-state index in [1.54, 1.807) is 12.1 Å². The second-order valence-corrected chi connectivity index (χ2v) is 6.54. The molecule has 3 aromatic rings. The molecule has 0 spiro atoms. The minimum atomic E-state index is -4.27. The Balaban J connectivity index is 1.53. The first-order chi connectivity index (χ1) is 12.4. The first-order valence-electron chi connectivity index (χ1n) is 8.82. The number of hydrogen-bond acceptors (Lipinski definition) is 1. The number of aryl methyl sites for hydroxylation is 1. The van der Waals surface area contributed by atoms with Gasteiger partial charge in [0, 0.05) is 6.04 Å². The molecule has 0 saturated carbocycles. The molecule has 1 atom stereocenters. The lowest BCUT2D eigenvalue weighted by Gasteiger charge is -2.16. The molecule has 0 heterocycles. The fourth-order valence-electron chi connectivity index (χ4n) is 3.21. The normalized spacial score (nSPS) is 13.1. The van der Waals surface area contributed by atoms with Crippen LogP contribution in [-0.2, 0) is 12.6 Å². The molecule has 0 bridgehead atoms. The second-order valence-electron chi connectivity index (χ2n) is 6.54. The van der Waals surface area contributed by atoms with Gasteiger partial charge in [0.05, 0.1) is 5.56 Å². The van der Waals surface area contributed by atoms with Crippen LogP contribution in [0.1, 0.15) is 36.1 Å². The third-order valence-corrected chi connectivity index (χ3v) is 4.66. The number of fused-ring (bicyclic) bond motifs is 1. The third-order valence-electron chi connectivity index (χ3n) is 4.66. The standard InChI is InChI=1S/C22H22F3N/c1-16(20-10-4-8-18-7-2-3-9-21(18)20)26-15-5-6-17-11-13-19(14-12-17)22(23,24)25/h2-4,7-14,16,26H,5-6,15H2,1H3. The molecule has 0 radical (unpaired) electrons. The van der Waals surface area contributed by atoms with Crippen molar-refractivity contribution >= 4 is 10.8 Å². The summed E-state index contributed by atoms with van der Waals surface area (Å²) in [5.41, 5.74) is 1.60. The number of halogens is 3. The van der Waals surface area contributed by atoms with Gasteiger partial charge < -0.3 is 5.32 Å². The van der Waals surface area contributed by atoms with Gasteiger partial charge >= 0.3 is 6.18 Å². The predicted molar refractivity (Wildman–Crippen MR) is 100 cm³/mol. The Morgan fingerprint density at radius 3 is 2.31 bits per heavy atom. The van der Waals surface area contributed by atoms with Crippen molar-refractivity contribution in [2.45, 2.75) is 32.0 Å². The van der Waals surface area contributed by atoms with E-state index in [-0.39, 0.29) is 6.04 Å². The van der Waals surface area contributed by atoms with Crippen molar-refractivity contribution in [3.8, 4) is 0 Å². The fourth-order valence-corrected chi connectivity index (χ4v) is 3.21. The summed E-state index contributed by atoms with van der Waals surface area (Å²) in [5.74, 6) is 0. The maximum Gasteiger partial charge on any atom is 0.416 e. The summed E-state index contributed by atoms with van der Waals surface area (Å²) >= 11 is 0. The molecule has 0 aliphatic carbocycles. The van der Waals surface area contributed by atoms with E-state index in [2.05, 4.69) is 42.6 Å². The SMILES string of the molecule is CC(NCCCc1ccc(C(F)(F)F)cc1)c1cccc2ccccc12. The van der Waals surface area contributed by atoms with Crippen LogP contribution >= 0.6 is 0 Å². The molecule has 1 unspecified atom stereocenters. The summed E-state index contributed by atoms with van der Waals surface area (Å²) in [7, 11) is 0. The summed E-state index contributed by atoms with van der Waals surface area (Å²) in [5, 5.41) is 5.99. The summed E-state index contributed by atoms with van der Waals surface area (Å²) in [6, 6.07) is 20.3. The third kappa shape index (κ3) is 4.44. The highest BCUT2D eigenvalue weighted by Gasteiger charge is 2.29. The molecular formula is C22H22F3N. The van der Waals surface area contributed by atoms with Crippen molar-refractivity contribution in [2.24, 2.45) is 0 Å². The van der Waals surface area contributed by atoms with Gasteiger partial charge in [0.2, 0.25) is 0 Å². The van der Waals surface area contributed by atoms with Crippen molar-refractivity contribution in [3.05, 3.63) is 83.4 Å². The van der Waals surface area contributed by atoms with Crippen LogP contribution in [-0.4, -0.2) is 6.54 Å². The number of alkyl halides is 3. The van der Waals surface area contributed by atoms with Gasteiger partial charge in [-0.25, -0.2) is 0 Å². The van der Waals surface area contributed by atoms with Gasteiger partial charge in [0.15, 0.2) is 0 Å². The molecule has 0 aliphatic rings. The molecule has 0 aromatic heterocycles.